The van der Waals surface area contributed by atoms with Gasteiger partial charge in [-0.25, -0.2) is 4.98 Å². The van der Waals surface area contributed by atoms with Gasteiger partial charge in [-0.05, 0) is 18.4 Å². The molecule has 0 aliphatic heterocycles. The van der Waals surface area contributed by atoms with Crippen LogP contribution in [-0.2, 0) is 6.54 Å². The maximum Gasteiger partial charge on any atom is 0.185 e. The number of hydrogen-bond acceptors (Lipinski definition) is 4. The molecule has 0 spiro atoms. The quantitative estimate of drug-likeness (QED) is 0.785. The van der Waals surface area contributed by atoms with E-state index in [9.17, 15) is 0 Å². The molecule has 0 saturated carbocycles. The fourth-order valence-corrected chi connectivity index (χ4v) is 3.16. The normalized spacial score (nSPS) is 13.0. The van der Waals surface area contributed by atoms with E-state index in [2.05, 4.69) is 51.9 Å². The van der Waals surface area contributed by atoms with Gasteiger partial charge in [0.2, 0.25) is 0 Å². The van der Waals surface area contributed by atoms with E-state index in [4.69, 9.17) is 4.98 Å². The second-order valence-corrected chi connectivity index (χ2v) is 6.70. The van der Waals surface area contributed by atoms with Crippen LogP contribution in [0.3, 0.4) is 0 Å². The summed E-state index contributed by atoms with van der Waals surface area (Å²) in [4.78, 5) is 8.55. The molecule has 0 aliphatic carbocycles. The standard InChI is InChI=1S/C15H29N3S/c1-7-12(5)10-18(6)15-17-14(11(3)4)13(19-15)9-16-8-2/h11-12,16H,7-10H2,1-6H3. The highest BCUT2D eigenvalue weighted by atomic mass is 32.1. The Bertz CT molecular complexity index is 373. The van der Waals surface area contributed by atoms with Crippen LogP contribution in [0.4, 0.5) is 5.13 Å². The van der Waals surface area contributed by atoms with Gasteiger partial charge in [0.15, 0.2) is 5.13 Å². The molecule has 0 aliphatic rings. The Morgan fingerprint density at radius 2 is 1.95 bits per heavy atom. The van der Waals surface area contributed by atoms with E-state index in [1.165, 1.54) is 17.0 Å². The molecule has 1 atom stereocenters. The molecule has 1 aromatic heterocycles. The van der Waals surface area contributed by atoms with Gasteiger partial charge in [0, 0.05) is 25.0 Å². The Hall–Kier alpha value is -0.610. The summed E-state index contributed by atoms with van der Waals surface area (Å²) in [6.45, 7) is 14.2. The largest absolute Gasteiger partial charge is 0.351 e. The van der Waals surface area contributed by atoms with Crippen molar-refractivity contribution in [2.24, 2.45) is 5.92 Å². The first-order valence-corrected chi connectivity index (χ1v) is 8.22. The number of nitrogens with one attached hydrogen (secondary N) is 1. The summed E-state index contributed by atoms with van der Waals surface area (Å²) in [7, 11) is 2.16. The van der Waals surface area contributed by atoms with Crippen molar-refractivity contribution in [2.45, 2.75) is 53.5 Å². The average Bonchev–Trinajstić information content (AvgIpc) is 2.80. The minimum Gasteiger partial charge on any atom is -0.351 e. The third-order valence-electron chi connectivity index (χ3n) is 3.41. The molecule has 110 valence electrons. The van der Waals surface area contributed by atoms with Crippen molar-refractivity contribution in [1.29, 1.82) is 0 Å². The van der Waals surface area contributed by atoms with E-state index in [0.29, 0.717) is 11.8 Å². The molecule has 1 rings (SSSR count). The van der Waals surface area contributed by atoms with Gasteiger partial charge in [-0.15, -0.1) is 11.3 Å². The molecule has 0 bridgehead atoms. The van der Waals surface area contributed by atoms with Gasteiger partial charge in [0.25, 0.3) is 0 Å². The van der Waals surface area contributed by atoms with E-state index < -0.39 is 0 Å². The molecule has 0 radical (unpaired) electrons. The molecule has 0 aromatic carbocycles. The third-order valence-corrected chi connectivity index (χ3v) is 4.59. The molecule has 0 saturated heterocycles. The van der Waals surface area contributed by atoms with Gasteiger partial charge in [0.1, 0.15) is 0 Å². The summed E-state index contributed by atoms with van der Waals surface area (Å²) in [6, 6.07) is 0. The van der Waals surface area contributed by atoms with E-state index >= 15 is 0 Å². The lowest BCUT2D eigenvalue weighted by Crippen LogP contribution is -2.23. The number of anilines is 1. The van der Waals surface area contributed by atoms with Gasteiger partial charge in [-0.3, -0.25) is 0 Å². The molecular weight excluding hydrogens is 254 g/mol. The van der Waals surface area contributed by atoms with Crippen LogP contribution in [0.2, 0.25) is 0 Å². The highest BCUT2D eigenvalue weighted by Gasteiger charge is 2.17. The van der Waals surface area contributed by atoms with Crippen molar-refractivity contribution in [3.63, 3.8) is 0 Å². The van der Waals surface area contributed by atoms with Crippen molar-refractivity contribution >= 4 is 16.5 Å². The monoisotopic (exact) mass is 283 g/mol. The first kappa shape index (κ1) is 16.4. The third kappa shape index (κ3) is 4.77. The highest BCUT2D eigenvalue weighted by Crippen LogP contribution is 2.30. The van der Waals surface area contributed by atoms with Crippen LogP contribution in [0.25, 0.3) is 0 Å². The van der Waals surface area contributed by atoms with Crippen LogP contribution in [0.5, 0.6) is 0 Å². The topological polar surface area (TPSA) is 28.2 Å². The maximum absolute atomic E-state index is 4.85. The van der Waals surface area contributed by atoms with Crippen LogP contribution in [0.1, 0.15) is 57.5 Å². The second-order valence-electron chi connectivity index (χ2n) is 5.63. The molecule has 0 amide bonds. The first-order chi connectivity index (χ1) is 8.99. The van der Waals surface area contributed by atoms with Crippen LogP contribution in [0, 0.1) is 5.92 Å². The molecule has 3 nitrogen and oxygen atoms in total. The lowest BCUT2D eigenvalue weighted by Gasteiger charge is -2.19. The van der Waals surface area contributed by atoms with Crippen molar-refractivity contribution in [3.05, 3.63) is 10.6 Å². The Kier molecular flexibility index (Phi) is 6.80. The van der Waals surface area contributed by atoms with Crippen LogP contribution in [0.15, 0.2) is 0 Å². The predicted octanol–water partition coefficient (Wildman–Crippen LogP) is 3.86. The summed E-state index contributed by atoms with van der Waals surface area (Å²) in [5.74, 6) is 1.21. The van der Waals surface area contributed by atoms with Gasteiger partial charge in [-0.2, -0.15) is 0 Å². The van der Waals surface area contributed by atoms with Crippen molar-refractivity contribution in [2.75, 3.05) is 25.0 Å². The molecule has 19 heavy (non-hydrogen) atoms. The first-order valence-electron chi connectivity index (χ1n) is 7.40. The summed E-state index contributed by atoms with van der Waals surface area (Å²) in [5, 5.41) is 4.58. The summed E-state index contributed by atoms with van der Waals surface area (Å²) in [6.07, 6.45) is 1.22. The van der Waals surface area contributed by atoms with E-state index in [-0.39, 0.29) is 0 Å². The molecule has 1 heterocycles. The Morgan fingerprint density at radius 1 is 1.26 bits per heavy atom. The predicted molar refractivity (Wildman–Crippen MR) is 86.3 cm³/mol. The number of nitrogens with zero attached hydrogens (tertiary/aromatic N) is 2. The van der Waals surface area contributed by atoms with Gasteiger partial charge in [-0.1, -0.05) is 41.0 Å². The molecule has 1 unspecified atom stereocenters. The zero-order chi connectivity index (χ0) is 14.4. The highest BCUT2D eigenvalue weighted by molar-refractivity contribution is 7.15. The fraction of sp³-hybridized carbons (Fsp3) is 0.800. The second kappa shape index (κ2) is 7.85. The smallest absolute Gasteiger partial charge is 0.185 e. The Labute approximate surface area is 122 Å². The molecule has 4 heteroatoms. The number of thiazole rings is 1. The van der Waals surface area contributed by atoms with E-state index in [1.54, 1.807) is 0 Å². The lowest BCUT2D eigenvalue weighted by molar-refractivity contribution is 0.559. The average molecular weight is 283 g/mol. The van der Waals surface area contributed by atoms with Crippen molar-refractivity contribution < 1.29 is 0 Å². The summed E-state index contributed by atoms with van der Waals surface area (Å²) >= 11 is 1.84. The van der Waals surface area contributed by atoms with Crippen LogP contribution in [-0.4, -0.2) is 25.1 Å². The molecule has 1 N–H and O–H groups in total. The molecule has 0 fully saturated rings. The number of hydrogen-bond donors (Lipinski definition) is 1. The Balaban J connectivity index is 2.84. The molecular formula is C15H29N3S. The van der Waals surface area contributed by atoms with Crippen molar-refractivity contribution in [1.82, 2.24) is 10.3 Å². The SMILES string of the molecule is CCNCc1sc(N(C)CC(C)CC)nc1C(C)C. The Morgan fingerprint density at radius 3 is 2.47 bits per heavy atom. The summed E-state index contributed by atoms with van der Waals surface area (Å²) < 4.78 is 0. The minimum absolute atomic E-state index is 0.496. The number of rotatable bonds is 8. The lowest BCUT2D eigenvalue weighted by atomic mass is 10.1. The maximum atomic E-state index is 4.85. The van der Waals surface area contributed by atoms with Gasteiger partial charge < -0.3 is 10.2 Å². The van der Waals surface area contributed by atoms with Crippen LogP contribution < -0.4 is 10.2 Å². The zero-order valence-electron chi connectivity index (χ0n) is 13.3. The number of aromatic nitrogens is 1. The van der Waals surface area contributed by atoms with E-state index in [1.807, 2.05) is 11.3 Å². The summed E-state index contributed by atoms with van der Waals surface area (Å²) in [5.41, 5.74) is 1.26. The van der Waals surface area contributed by atoms with Crippen LogP contribution >= 0.6 is 11.3 Å². The fourth-order valence-electron chi connectivity index (χ4n) is 2.00. The molecule has 1 aromatic rings. The van der Waals surface area contributed by atoms with Gasteiger partial charge in [0.05, 0.1) is 5.69 Å². The van der Waals surface area contributed by atoms with Crippen molar-refractivity contribution in [3.8, 4) is 0 Å². The van der Waals surface area contributed by atoms with E-state index in [0.717, 1.165) is 24.8 Å². The zero-order valence-corrected chi connectivity index (χ0v) is 14.1. The minimum atomic E-state index is 0.496. The van der Waals surface area contributed by atoms with Gasteiger partial charge >= 0.3 is 0 Å².